The van der Waals surface area contributed by atoms with Crippen molar-refractivity contribution in [2.45, 2.75) is 39.2 Å². The quantitative estimate of drug-likeness (QED) is 0.330. The topological polar surface area (TPSA) is 97.3 Å². The number of nitrogen functional groups attached to an aromatic ring is 1. The van der Waals surface area contributed by atoms with Gasteiger partial charge in [0.25, 0.3) is 5.91 Å². The number of hydrogen-bond donors (Lipinski definition) is 3. The third-order valence-electron chi connectivity index (χ3n) is 5.88. The molecule has 1 aliphatic carbocycles. The summed E-state index contributed by atoms with van der Waals surface area (Å²) in [6.07, 6.45) is 4.90. The average molecular weight is 463 g/mol. The highest BCUT2D eigenvalue weighted by molar-refractivity contribution is 6.34. The summed E-state index contributed by atoms with van der Waals surface area (Å²) >= 11 is 6.53. The van der Waals surface area contributed by atoms with Crippen LogP contribution in [-0.4, -0.2) is 32.9 Å². The molecule has 0 radical (unpaired) electrons. The zero-order valence-corrected chi connectivity index (χ0v) is 19.5. The fourth-order valence-corrected chi connectivity index (χ4v) is 4.17. The minimum Gasteiger partial charge on any atom is -0.399 e. The molecule has 0 spiro atoms. The van der Waals surface area contributed by atoms with Crippen molar-refractivity contribution in [2.75, 3.05) is 17.6 Å². The van der Waals surface area contributed by atoms with E-state index in [1.807, 2.05) is 36.5 Å². The maximum absolute atomic E-state index is 12.5. The van der Waals surface area contributed by atoms with E-state index in [4.69, 9.17) is 22.3 Å². The molecule has 2 aromatic carbocycles. The average Bonchev–Trinajstić information content (AvgIpc) is 3.47. The number of nitrogens with two attached hydrogens (primary N) is 1. The van der Waals surface area contributed by atoms with Gasteiger partial charge < -0.3 is 16.4 Å². The summed E-state index contributed by atoms with van der Waals surface area (Å²) in [5, 5.41) is 6.85. The van der Waals surface area contributed by atoms with Gasteiger partial charge in [-0.2, -0.15) is 0 Å². The number of imidazole rings is 1. The van der Waals surface area contributed by atoms with E-state index < -0.39 is 0 Å². The molecule has 1 aliphatic rings. The Hall–Kier alpha value is -3.32. The Morgan fingerprint density at radius 1 is 1.24 bits per heavy atom. The van der Waals surface area contributed by atoms with Crippen LogP contribution in [0.3, 0.4) is 0 Å². The van der Waals surface area contributed by atoms with Gasteiger partial charge >= 0.3 is 0 Å². The summed E-state index contributed by atoms with van der Waals surface area (Å²) in [5.41, 5.74) is 11.3. The lowest BCUT2D eigenvalue weighted by atomic mass is 10.1. The molecular formula is C25H27ClN6O. The lowest BCUT2D eigenvalue weighted by Crippen LogP contribution is -2.25. The van der Waals surface area contributed by atoms with E-state index in [0.717, 1.165) is 53.7 Å². The highest BCUT2D eigenvalue weighted by Gasteiger charge is 2.25. The van der Waals surface area contributed by atoms with Crippen molar-refractivity contribution >= 4 is 45.7 Å². The van der Waals surface area contributed by atoms with Crippen LogP contribution in [0.15, 0.2) is 42.6 Å². The van der Waals surface area contributed by atoms with E-state index in [2.05, 4.69) is 33.9 Å². The maximum Gasteiger partial charge on any atom is 0.253 e. The van der Waals surface area contributed by atoms with E-state index >= 15 is 0 Å². The number of carbonyl (C=O) groups is 1. The molecule has 33 heavy (non-hydrogen) atoms. The van der Waals surface area contributed by atoms with Crippen molar-refractivity contribution in [1.29, 1.82) is 0 Å². The highest BCUT2D eigenvalue weighted by atomic mass is 35.5. The minimum absolute atomic E-state index is 0.131. The van der Waals surface area contributed by atoms with Crippen molar-refractivity contribution in [3.05, 3.63) is 53.2 Å². The van der Waals surface area contributed by atoms with Crippen LogP contribution >= 0.6 is 11.6 Å². The number of benzene rings is 2. The number of carbonyl (C=O) groups excluding carboxylic acids is 1. The third-order valence-corrected chi connectivity index (χ3v) is 6.20. The largest absolute Gasteiger partial charge is 0.399 e. The Bertz CT molecular complexity index is 1360. The molecule has 4 aromatic rings. The molecule has 2 heterocycles. The van der Waals surface area contributed by atoms with Gasteiger partial charge in [-0.1, -0.05) is 31.5 Å². The molecule has 170 valence electrons. The summed E-state index contributed by atoms with van der Waals surface area (Å²) in [5.74, 6) is 1.16. The van der Waals surface area contributed by atoms with E-state index in [0.29, 0.717) is 28.0 Å². The summed E-state index contributed by atoms with van der Waals surface area (Å²) in [6.45, 7) is 5.18. The van der Waals surface area contributed by atoms with Crippen LogP contribution in [0.25, 0.3) is 27.9 Å². The molecule has 4 N–H and O–H groups in total. The van der Waals surface area contributed by atoms with Gasteiger partial charge in [-0.15, -0.1) is 0 Å². The number of anilines is 2. The molecule has 0 unspecified atom stereocenters. The fourth-order valence-electron chi connectivity index (χ4n) is 3.90. The van der Waals surface area contributed by atoms with E-state index in [-0.39, 0.29) is 11.9 Å². The Balaban J connectivity index is 1.60. The van der Waals surface area contributed by atoms with Crippen LogP contribution in [-0.2, 0) is 0 Å². The first kappa shape index (κ1) is 21.5. The van der Waals surface area contributed by atoms with Crippen LogP contribution in [0.1, 0.15) is 43.5 Å². The zero-order chi connectivity index (χ0) is 23.1. The van der Waals surface area contributed by atoms with E-state index in [1.165, 1.54) is 0 Å². The normalized spacial score (nSPS) is 13.7. The number of aromatic nitrogens is 3. The Labute approximate surface area is 197 Å². The molecule has 7 nitrogen and oxygen atoms in total. The molecule has 1 fully saturated rings. The van der Waals surface area contributed by atoms with Crippen molar-refractivity contribution in [1.82, 2.24) is 19.7 Å². The molecule has 1 amide bonds. The van der Waals surface area contributed by atoms with Crippen molar-refractivity contribution in [3.8, 4) is 11.3 Å². The molecule has 1 saturated carbocycles. The number of nitrogens with one attached hydrogen (secondary N) is 2. The SMILES string of the molecule is CC(C)CCNc1nc2cc(N)ccc2n2c(-c3ccc(C(=O)NC4CC4)c(Cl)c3)cnc12. The second-order valence-electron chi connectivity index (χ2n) is 9.06. The smallest absolute Gasteiger partial charge is 0.253 e. The van der Waals surface area contributed by atoms with Crippen molar-refractivity contribution < 1.29 is 4.79 Å². The molecular weight excluding hydrogens is 436 g/mol. The summed E-state index contributed by atoms with van der Waals surface area (Å²) in [7, 11) is 0. The second kappa shape index (κ2) is 8.56. The standard InChI is InChI=1S/C25H27ClN6O/c1-14(2)9-10-28-23-24-29-13-22(32(24)21-8-4-16(27)12-20(21)31-23)15-3-7-18(19(26)11-15)25(33)30-17-5-6-17/h3-4,7-8,11-14,17H,5-6,9-10,27H2,1-2H3,(H,28,31)(H,30,33). The van der Waals surface area contributed by atoms with Gasteiger partial charge in [0.2, 0.25) is 0 Å². The van der Waals surface area contributed by atoms with E-state index in [1.54, 1.807) is 6.07 Å². The first-order valence-electron chi connectivity index (χ1n) is 11.3. The molecule has 0 atom stereocenters. The van der Waals surface area contributed by atoms with Crippen LogP contribution in [0, 0.1) is 5.92 Å². The lowest BCUT2D eigenvalue weighted by Gasteiger charge is -2.13. The Kier molecular flexibility index (Phi) is 5.58. The van der Waals surface area contributed by atoms with Gasteiger partial charge in [-0.05, 0) is 55.5 Å². The van der Waals surface area contributed by atoms with Gasteiger partial charge in [0.05, 0.1) is 33.5 Å². The highest BCUT2D eigenvalue weighted by Crippen LogP contribution is 2.32. The first-order valence-corrected chi connectivity index (χ1v) is 11.7. The van der Waals surface area contributed by atoms with Gasteiger partial charge in [0.1, 0.15) is 0 Å². The van der Waals surface area contributed by atoms with E-state index in [9.17, 15) is 4.79 Å². The van der Waals surface area contributed by atoms with Crippen LogP contribution in [0.2, 0.25) is 5.02 Å². The minimum atomic E-state index is -0.131. The van der Waals surface area contributed by atoms with Gasteiger partial charge in [-0.25, -0.2) is 9.97 Å². The Morgan fingerprint density at radius 2 is 2.06 bits per heavy atom. The van der Waals surface area contributed by atoms with Crippen LogP contribution < -0.4 is 16.4 Å². The molecule has 0 bridgehead atoms. The lowest BCUT2D eigenvalue weighted by molar-refractivity contribution is 0.0951. The third kappa shape index (κ3) is 4.33. The summed E-state index contributed by atoms with van der Waals surface area (Å²) in [4.78, 5) is 22.0. The van der Waals surface area contributed by atoms with Gasteiger partial charge in [-0.3, -0.25) is 9.20 Å². The molecule has 0 aliphatic heterocycles. The van der Waals surface area contributed by atoms with Gasteiger partial charge in [0, 0.05) is 23.8 Å². The zero-order valence-electron chi connectivity index (χ0n) is 18.7. The molecule has 5 rings (SSSR count). The number of rotatable bonds is 7. The van der Waals surface area contributed by atoms with Crippen molar-refractivity contribution in [2.24, 2.45) is 5.92 Å². The monoisotopic (exact) mass is 462 g/mol. The number of fused-ring (bicyclic) bond motifs is 3. The number of halogens is 1. The van der Waals surface area contributed by atoms with Gasteiger partial charge in [0.15, 0.2) is 11.5 Å². The summed E-state index contributed by atoms with van der Waals surface area (Å²) in [6, 6.07) is 11.5. The maximum atomic E-state index is 12.5. The fraction of sp³-hybridized carbons (Fsp3) is 0.320. The molecule has 0 saturated heterocycles. The summed E-state index contributed by atoms with van der Waals surface area (Å²) < 4.78 is 2.06. The van der Waals surface area contributed by atoms with Crippen molar-refractivity contribution in [3.63, 3.8) is 0 Å². The number of nitrogens with zero attached hydrogens (tertiary/aromatic N) is 3. The van der Waals surface area contributed by atoms with Crippen LogP contribution in [0.4, 0.5) is 11.5 Å². The molecule has 8 heteroatoms. The molecule has 2 aromatic heterocycles. The number of amides is 1. The number of hydrogen-bond acceptors (Lipinski definition) is 5. The Morgan fingerprint density at radius 3 is 2.79 bits per heavy atom. The first-order chi connectivity index (χ1) is 15.9. The second-order valence-corrected chi connectivity index (χ2v) is 9.47. The van der Waals surface area contributed by atoms with Crippen LogP contribution in [0.5, 0.6) is 0 Å². The predicted molar refractivity (Wildman–Crippen MR) is 134 cm³/mol. The predicted octanol–water partition coefficient (Wildman–Crippen LogP) is 5.14.